The summed E-state index contributed by atoms with van der Waals surface area (Å²) in [4.78, 5) is 11.8. The largest absolute Gasteiger partial charge is 0.488 e. The van der Waals surface area contributed by atoms with Crippen molar-refractivity contribution >= 4 is 16.0 Å². The number of carbonyl (C=O) groups is 1. The van der Waals surface area contributed by atoms with Crippen molar-refractivity contribution in [2.45, 2.75) is 82.3 Å². The summed E-state index contributed by atoms with van der Waals surface area (Å²) >= 11 is 0. The van der Waals surface area contributed by atoms with Gasteiger partial charge in [-0.1, -0.05) is 56.0 Å². The minimum absolute atomic E-state index is 0.0684. The summed E-state index contributed by atoms with van der Waals surface area (Å²) in [5.41, 5.74) is 2.89. The molecule has 1 unspecified atom stereocenters. The van der Waals surface area contributed by atoms with Gasteiger partial charge in [0.15, 0.2) is 0 Å². The SMILES string of the molecule is Cc1ccc(C(CCC2CCCC2)CC(=O)O)cc1CN1C[C@@H](C)Oc2ccccc2S1(=O)=O. The average Bonchev–Trinajstić information content (AvgIpc) is 3.28. The Labute approximate surface area is 203 Å². The molecule has 0 amide bonds. The summed E-state index contributed by atoms with van der Waals surface area (Å²) in [6, 6.07) is 12.8. The zero-order valence-electron chi connectivity index (χ0n) is 20.1. The molecule has 34 heavy (non-hydrogen) atoms. The Hall–Kier alpha value is -2.38. The number of carboxylic acid groups (broad SMARTS) is 1. The number of aliphatic carboxylic acids is 1. The predicted molar refractivity (Wildman–Crippen MR) is 131 cm³/mol. The smallest absolute Gasteiger partial charge is 0.303 e. The maximum atomic E-state index is 13.5. The lowest BCUT2D eigenvalue weighted by Crippen LogP contribution is -2.35. The first kappa shape index (κ1) is 24.7. The van der Waals surface area contributed by atoms with Crippen LogP contribution < -0.4 is 4.74 Å². The molecule has 4 rings (SSSR count). The van der Waals surface area contributed by atoms with Gasteiger partial charge in [0, 0.05) is 6.54 Å². The van der Waals surface area contributed by atoms with Gasteiger partial charge in [0.05, 0.1) is 13.0 Å². The van der Waals surface area contributed by atoms with Gasteiger partial charge in [0.25, 0.3) is 0 Å². The molecule has 1 heterocycles. The second-order valence-corrected chi connectivity index (χ2v) is 11.8. The zero-order valence-corrected chi connectivity index (χ0v) is 20.9. The second-order valence-electron chi connectivity index (χ2n) is 9.88. The molecule has 2 aliphatic rings. The Balaban J connectivity index is 1.60. The summed E-state index contributed by atoms with van der Waals surface area (Å²) in [6.07, 6.45) is 6.74. The monoisotopic (exact) mass is 485 g/mol. The molecule has 6 nitrogen and oxygen atoms in total. The number of fused-ring (bicyclic) bond motifs is 1. The number of para-hydroxylation sites is 1. The van der Waals surface area contributed by atoms with Crippen molar-refractivity contribution in [3.05, 3.63) is 59.2 Å². The lowest BCUT2D eigenvalue weighted by Gasteiger charge is -2.24. The third-order valence-corrected chi connectivity index (χ3v) is 9.12. The van der Waals surface area contributed by atoms with E-state index in [0.717, 1.165) is 29.5 Å². The van der Waals surface area contributed by atoms with Crippen molar-refractivity contribution in [3.63, 3.8) is 0 Å². The van der Waals surface area contributed by atoms with E-state index in [4.69, 9.17) is 4.74 Å². The van der Waals surface area contributed by atoms with Gasteiger partial charge >= 0.3 is 5.97 Å². The normalized spacial score (nSPS) is 21.4. The van der Waals surface area contributed by atoms with Crippen LogP contribution in [0.3, 0.4) is 0 Å². The van der Waals surface area contributed by atoms with Gasteiger partial charge in [-0.25, -0.2) is 8.42 Å². The summed E-state index contributed by atoms with van der Waals surface area (Å²) in [5.74, 6) is 0.221. The van der Waals surface area contributed by atoms with E-state index in [1.807, 2.05) is 32.0 Å². The van der Waals surface area contributed by atoms with E-state index < -0.39 is 16.0 Å². The van der Waals surface area contributed by atoms with Gasteiger partial charge in [0.2, 0.25) is 10.0 Å². The first-order valence-electron chi connectivity index (χ1n) is 12.3. The quantitative estimate of drug-likeness (QED) is 0.534. The van der Waals surface area contributed by atoms with E-state index in [1.54, 1.807) is 24.3 Å². The van der Waals surface area contributed by atoms with Crippen molar-refractivity contribution in [3.8, 4) is 5.75 Å². The minimum Gasteiger partial charge on any atom is -0.488 e. The summed E-state index contributed by atoms with van der Waals surface area (Å²) in [5, 5.41) is 9.54. The first-order valence-corrected chi connectivity index (χ1v) is 13.7. The number of ether oxygens (including phenoxy) is 1. The van der Waals surface area contributed by atoms with E-state index in [0.29, 0.717) is 11.7 Å². The van der Waals surface area contributed by atoms with Crippen molar-refractivity contribution < 1.29 is 23.1 Å². The van der Waals surface area contributed by atoms with Crippen LogP contribution in [0, 0.1) is 12.8 Å². The zero-order chi connectivity index (χ0) is 24.3. The van der Waals surface area contributed by atoms with Crippen molar-refractivity contribution in [1.29, 1.82) is 0 Å². The first-order chi connectivity index (χ1) is 16.2. The molecule has 1 fully saturated rings. The number of hydrogen-bond donors (Lipinski definition) is 1. The highest BCUT2D eigenvalue weighted by atomic mass is 32.2. The van der Waals surface area contributed by atoms with Crippen LogP contribution in [0.15, 0.2) is 47.4 Å². The van der Waals surface area contributed by atoms with E-state index in [-0.39, 0.29) is 36.4 Å². The number of sulfonamides is 1. The lowest BCUT2D eigenvalue weighted by molar-refractivity contribution is -0.137. The fourth-order valence-electron chi connectivity index (χ4n) is 5.33. The number of aryl methyl sites for hydroxylation is 1. The maximum Gasteiger partial charge on any atom is 0.303 e. The Kier molecular flexibility index (Phi) is 7.63. The molecule has 1 aliphatic heterocycles. The lowest BCUT2D eigenvalue weighted by atomic mass is 9.86. The molecule has 7 heteroatoms. The van der Waals surface area contributed by atoms with Gasteiger partial charge in [-0.05, 0) is 67.3 Å². The molecule has 2 aromatic carbocycles. The number of nitrogens with zero attached hydrogens (tertiary/aromatic N) is 1. The molecular weight excluding hydrogens is 450 g/mol. The van der Waals surface area contributed by atoms with E-state index >= 15 is 0 Å². The molecule has 0 spiro atoms. The molecule has 1 aliphatic carbocycles. The van der Waals surface area contributed by atoms with Gasteiger partial charge in [-0.3, -0.25) is 4.79 Å². The van der Waals surface area contributed by atoms with E-state index in [9.17, 15) is 18.3 Å². The summed E-state index contributed by atoms with van der Waals surface area (Å²) in [6.45, 7) is 4.33. The number of hydrogen-bond acceptors (Lipinski definition) is 4. The number of rotatable bonds is 8. The number of carboxylic acids is 1. The average molecular weight is 486 g/mol. The Morgan fingerprint density at radius 3 is 2.65 bits per heavy atom. The Morgan fingerprint density at radius 1 is 1.18 bits per heavy atom. The van der Waals surface area contributed by atoms with Gasteiger partial charge < -0.3 is 9.84 Å². The highest BCUT2D eigenvalue weighted by molar-refractivity contribution is 7.89. The number of benzene rings is 2. The van der Waals surface area contributed by atoms with Crippen molar-refractivity contribution in [2.24, 2.45) is 5.92 Å². The highest BCUT2D eigenvalue weighted by Crippen LogP contribution is 2.35. The molecule has 2 atom stereocenters. The predicted octanol–water partition coefficient (Wildman–Crippen LogP) is 5.50. The summed E-state index contributed by atoms with van der Waals surface area (Å²) < 4.78 is 34.3. The van der Waals surface area contributed by atoms with Gasteiger partial charge in [-0.2, -0.15) is 4.31 Å². The maximum absolute atomic E-state index is 13.5. The summed E-state index contributed by atoms with van der Waals surface area (Å²) in [7, 11) is -3.73. The van der Waals surface area contributed by atoms with Crippen molar-refractivity contribution in [2.75, 3.05) is 6.54 Å². The third-order valence-electron chi connectivity index (χ3n) is 7.27. The van der Waals surface area contributed by atoms with Crippen LogP contribution >= 0.6 is 0 Å². The molecule has 2 aromatic rings. The fourth-order valence-corrected chi connectivity index (χ4v) is 6.94. The van der Waals surface area contributed by atoms with Crippen LogP contribution in [0.2, 0.25) is 0 Å². The van der Waals surface area contributed by atoms with Crippen molar-refractivity contribution in [1.82, 2.24) is 4.31 Å². The van der Waals surface area contributed by atoms with E-state index in [1.165, 1.54) is 30.0 Å². The van der Waals surface area contributed by atoms with Crippen LogP contribution in [0.4, 0.5) is 0 Å². The molecule has 0 aromatic heterocycles. The topological polar surface area (TPSA) is 83.9 Å². The minimum atomic E-state index is -3.73. The van der Waals surface area contributed by atoms with Crippen LogP contribution in [0.5, 0.6) is 5.75 Å². The molecule has 1 saturated carbocycles. The van der Waals surface area contributed by atoms with E-state index in [2.05, 4.69) is 0 Å². The highest BCUT2D eigenvalue weighted by Gasteiger charge is 2.33. The van der Waals surface area contributed by atoms with Crippen LogP contribution in [-0.4, -0.2) is 36.4 Å². The van der Waals surface area contributed by atoms with Crippen LogP contribution in [0.1, 0.15) is 74.5 Å². The Morgan fingerprint density at radius 2 is 1.91 bits per heavy atom. The fraction of sp³-hybridized carbons (Fsp3) is 0.519. The third kappa shape index (κ3) is 5.63. The molecule has 0 radical (unpaired) electrons. The molecular formula is C27H35NO5S. The van der Waals surface area contributed by atoms with Crippen LogP contribution in [-0.2, 0) is 21.4 Å². The van der Waals surface area contributed by atoms with Crippen LogP contribution in [0.25, 0.3) is 0 Å². The van der Waals surface area contributed by atoms with Gasteiger partial charge in [-0.15, -0.1) is 0 Å². The van der Waals surface area contributed by atoms with Gasteiger partial charge in [0.1, 0.15) is 16.7 Å². The Bertz CT molecular complexity index is 1120. The molecule has 1 N–H and O–H groups in total. The standard InChI is InChI=1S/C27H35NO5S/c1-19-11-13-22(23(16-27(29)30)14-12-21-7-3-4-8-21)15-24(19)18-28-17-20(2)33-25-9-5-6-10-26(25)34(28,31)32/h5-6,9-11,13,15,20-21,23H,3-4,7-8,12,14,16-18H2,1-2H3,(H,29,30)/t20-,23?/m1/s1. The molecule has 0 bridgehead atoms. The molecule has 0 saturated heterocycles. The second kappa shape index (κ2) is 10.5. The molecule has 184 valence electrons.